The van der Waals surface area contributed by atoms with Crippen LogP contribution in [-0.4, -0.2) is 56.4 Å². The van der Waals surface area contributed by atoms with E-state index < -0.39 is 0 Å². The number of fused-ring (bicyclic) bond motifs is 1. The van der Waals surface area contributed by atoms with E-state index in [2.05, 4.69) is 32.3 Å². The predicted molar refractivity (Wildman–Crippen MR) is 116 cm³/mol. The first-order valence-electron chi connectivity index (χ1n) is 10.2. The van der Waals surface area contributed by atoms with Crippen LogP contribution in [0.1, 0.15) is 32.4 Å². The smallest absolute Gasteiger partial charge is 0.241 e. The molecular formula is C22H27N7. The molecule has 29 heavy (non-hydrogen) atoms. The maximum atomic E-state index is 4.75. The number of nitrogens with zero attached hydrogens (tertiary/aromatic N) is 6. The number of likely N-dealkylation sites (tertiary alicyclic amines) is 1. The molecule has 1 saturated heterocycles. The number of anilines is 1. The van der Waals surface area contributed by atoms with Crippen molar-refractivity contribution >= 4 is 22.9 Å². The monoisotopic (exact) mass is 389 g/mol. The number of hydrogen-bond donors (Lipinski definition) is 1. The van der Waals surface area contributed by atoms with Crippen molar-refractivity contribution in [2.45, 2.75) is 39.7 Å². The molecule has 0 atom stereocenters. The van der Waals surface area contributed by atoms with Crippen molar-refractivity contribution in [1.82, 2.24) is 24.5 Å². The summed E-state index contributed by atoms with van der Waals surface area (Å²) in [5.41, 5.74) is 6.30. The van der Waals surface area contributed by atoms with Crippen LogP contribution in [0.4, 0.5) is 11.6 Å². The second-order valence-corrected chi connectivity index (χ2v) is 8.92. The van der Waals surface area contributed by atoms with E-state index in [1.807, 2.05) is 55.9 Å². The van der Waals surface area contributed by atoms with Crippen molar-refractivity contribution in [2.75, 3.05) is 25.5 Å². The SMILES string of the molecule is CC(C)=Nc1ccc(-c2ccn3nc(NC4CC5(C4)CN(C)C5)ncc23)nc1C. The van der Waals surface area contributed by atoms with Crippen LogP contribution in [0.2, 0.25) is 0 Å². The third-order valence-electron chi connectivity index (χ3n) is 6.00. The van der Waals surface area contributed by atoms with Crippen LogP contribution >= 0.6 is 0 Å². The number of pyridine rings is 1. The molecule has 0 radical (unpaired) electrons. The summed E-state index contributed by atoms with van der Waals surface area (Å²) >= 11 is 0. The average Bonchev–Trinajstić information content (AvgIpc) is 3.03. The molecule has 0 bridgehead atoms. The van der Waals surface area contributed by atoms with Gasteiger partial charge in [-0.2, -0.15) is 0 Å². The molecule has 3 aromatic rings. The molecule has 0 unspecified atom stereocenters. The van der Waals surface area contributed by atoms with Crippen molar-refractivity contribution in [3.63, 3.8) is 0 Å². The van der Waals surface area contributed by atoms with E-state index >= 15 is 0 Å². The average molecular weight is 390 g/mol. The molecule has 1 aliphatic heterocycles. The predicted octanol–water partition coefficient (Wildman–Crippen LogP) is 3.72. The van der Waals surface area contributed by atoms with Gasteiger partial charge in [-0.05, 0) is 64.3 Å². The standard InChI is InChI=1S/C22H27N7/c1-14(2)24-18-5-6-19(25-15(18)3)17-7-8-29-20(17)11-23-21(27-29)26-16-9-22(10-16)12-28(4)13-22/h5-8,11,16H,9-10,12-13H2,1-4H3,(H,26,27). The fourth-order valence-electron chi connectivity index (χ4n) is 4.87. The van der Waals surface area contributed by atoms with Crippen LogP contribution < -0.4 is 5.32 Å². The molecule has 7 heteroatoms. The van der Waals surface area contributed by atoms with Gasteiger partial charge in [0, 0.05) is 36.6 Å². The molecule has 2 fully saturated rings. The Bertz CT molecular complexity index is 1100. The van der Waals surface area contributed by atoms with Gasteiger partial charge >= 0.3 is 0 Å². The van der Waals surface area contributed by atoms with E-state index in [-0.39, 0.29) is 0 Å². The van der Waals surface area contributed by atoms with Crippen LogP contribution in [0.3, 0.4) is 0 Å². The highest BCUT2D eigenvalue weighted by Gasteiger charge is 2.51. The molecular weight excluding hydrogens is 362 g/mol. The Morgan fingerprint density at radius 1 is 1.21 bits per heavy atom. The zero-order valence-electron chi connectivity index (χ0n) is 17.5. The van der Waals surface area contributed by atoms with Gasteiger partial charge in [-0.25, -0.2) is 9.50 Å². The summed E-state index contributed by atoms with van der Waals surface area (Å²) in [6, 6.07) is 6.57. The highest BCUT2D eigenvalue weighted by Crippen LogP contribution is 2.48. The third kappa shape index (κ3) is 3.29. The molecule has 1 saturated carbocycles. The van der Waals surface area contributed by atoms with Crippen molar-refractivity contribution < 1.29 is 0 Å². The van der Waals surface area contributed by atoms with E-state index in [1.165, 1.54) is 25.9 Å². The Labute approximate surface area is 170 Å². The van der Waals surface area contributed by atoms with E-state index in [4.69, 9.17) is 4.98 Å². The van der Waals surface area contributed by atoms with E-state index in [9.17, 15) is 0 Å². The number of rotatable bonds is 4. The van der Waals surface area contributed by atoms with Crippen LogP contribution in [0.5, 0.6) is 0 Å². The van der Waals surface area contributed by atoms with Gasteiger partial charge in [0.25, 0.3) is 0 Å². The molecule has 3 aromatic heterocycles. The highest BCUT2D eigenvalue weighted by atomic mass is 15.3. The Morgan fingerprint density at radius 2 is 2.00 bits per heavy atom. The van der Waals surface area contributed by atoms with E-state index in [0.717, 1.165) is 33.9 Å². The summed E-state index contributed by atoms with van der Waals surface area (Å²) in [4.78, 5) is 16.2. The molecule has 150 valence electrons. The van der Waals surface area contributed by atoms with Gasteiger partial charge in [-0.1, -0.05) is 0 Å². The topological polar surface area (TPSA) is 70.7 Å². The van der Waals surface area contributed by atoms with Crippen LogP contribution in [0, 0.1) is 12.3 Å². The van der Waals surface area contributed by atoms with Gasteiger partial charge in [0.2, 0.25) is 5.95 Å². The van der Waals surface area contributed by atoms with Crippen molar-refractivity contribution in [2.24, 2.45) is 10.4 Å². The van der Waals surface area contributed by atoms with Gasteiger partial charge in [0.15, 0.2) is 0 Å². The lowest BCUT2D eigenvalue weighted by Crippen LogP contribution is -2.63. The number of aliphatic imine (C=N–C) groups is 1. The number of aromatic nitrogens is 4. The molecule has 1 N–H and O–H groups in total. The summed E-state index contributed by atoms with van der Waals surface area (Å²) in [6.45, 7) is 8.42. The fraction of sp³-hybridized carbons (Fsp3) is 0.455. The summed E-state index contributed by atoms with van der Waals surface area (Å²) in [7, 11) is 2.19. The van der Waals surface area contributed by atoms with Crippen molar-refractivity contribution in [1.29, 1.82) is 0 Å². The highest BCUT2D eigenvalue weighted by molar-refractivity contribution is 5.83. The van der Waals surface area contributed by atoms with Gasteiger partial charge in [-0.15, -0.1) is 5.10 Å². The first kappa shape index (κ1) is 18.2. The van der Waals surface area contributed by atoms with Crippen LogP contribution in [0.25, 0.3) is 16.8 Å². The minimum absolute atomic E-state index is 0.482. The second-order valence-electron chi connectivity index (χ2n) is 8.92. The first-order chi connectivity index (χ1) is 13.9. The minimum atomic E-state index is 0.482. The van der Waals surface area contributed by atoms with Gasteiger partial charge < -0.3 is 10.2 Å². The minimum Gasteiger partial charge on any atom is -0.350 e. The number of aryl methyl sites for hydroxylation is 1. The third-order valence-corrected chi connectivity index (χ3v) is 6.00. The second kappa shape index (κ2) is 6.62. The molecule has 4 heterocycles. The van der Waals surface area contributed by atoms with Crippen LogP contribution in [-0.2, 0) is 0 Å². The van der Waals surface area contributed by atoms with Gasteiger partial charge in [-0.3, -0.25) is 9.98 Å². The maximum absolute atomic E-state index is 4.75. The fourth-order valence-corrected chi connectivity index (χ4v) is 4.87. The molecule has 1 aliphatic carbocycles. The number of nitrogens with one attached hydrogen (secondary N) is 1. The maximum Gasteiger partial charge on any atom is 0.241 e. The van der Waals surface area contributed by atoms with Gasteiger partial charge in [0.1, 0.15) is 0 Å². The van der Waals surface area contributed by atoms with Crippen molar-refractivity contribution in [3.8, 4) is 11.3 Å². The molecule has 0 aromatic carbocycles. The lowest BCUT2D eigenvalue weighted by Gasteiger charge is -2.58. The molecule has 7 nitrogen and oxygen atoms in total. The molecule has 5 rings (SSSR count). The zero-order chi connectivity index (χ0) is 20.2. The van der Waals surface area contributed by atoms with E-state index in [0.29, 0.717) is 17.4 Å². The Kier molecular flexibility index (Phi) is 4.17. The summed E-state index contributed by atoms with van der Waals surface area (Å²) in [6.07, 6.45) is 6.28. The van der Waals surface area contributed by atoms with Gasteiger partial charge in [0.05, 0.1) is 28.8 Å². The van der Waals surface area contributed by atoms with E-state index in [1.54, 1.807) is 0 Å². The normalized spacial score (nSPS) is 18.5. The van der Waals surface area contributed by atoms with Crippen molar-refractivity contribution in [3.05, 3.63) is 36.3 Å². The largest absolute Gasteiger partial charge is 0.350 e. The molecule has 0 amide bonds. The Hall–Kier alpha value is -2.80. The first-order valence-corrected chi connectivity index (χ1v) is 10.2. The Balaban J connectivity index is 1.34. The molecule has 1 spiro atoms. The Morgan fingerprint density at radius 3 is 2.69 bits per heavy atom. The summed E-state index contributed by atoms with van der Waals surface area (Å²) < 4.78 is 1.88. The lowest BCUT2D eigenvalue weighted by molar-refractivity contribution is -0.0514. The summed E-state index contributed by atoms with van der Waals surface area (Å²) in [5, 5.41) is 8.16. The van der Waals surface area contributed by atoms with Crippen LogP contribution in [0.15, 0.2) is 35.6 Å². The number of hydrogen-bond acceptors (Lipinski definition) is 6. The lowest BCUT2D eigenvalue weighted by atomic mass is 9.61. The quantitative estimate of drug-likeness (QED) is 0.689. The molecule has 2 aliphatic rings. The summed E-state index contributed by atoms with van der Waals surface area (Å²) in [5.74, 6) is 0.694. The zero-order valence-corrected chi connectivity index (χ0v) is 17.5.